The number of hydrogen-bond acceptors (Lipinski definition) is 3. The van der Waals surface area contributed by atoms with Gasteiger partial charge in [0.05, 0.1) is 11.5 Å². The summed E-state index contributed by atoms with van der Waals surface area (Å²) in [6, 6.07) is 12.0. The maximum atomic E-state index is 13.3. The van der Waals surface area contributed by atoms with Crippen molar-refractivity contribution in [3.63, 3.8) is 0 Å². The molecule has 156 valence electrons. The van der Waals surface area contributed by atoms with E-state index in [1.807, 2.05) is 24.3 Å². The molecule has 2 aromatic carbocycles. The van der Waals surface area contributed by atoms with Crippen LogP contribution in [0.5, 0.6) is 0 Å². The molecule has 5 rings (SSSR count). The van der Waals surface area contributed by atoms with Gasteiger partial charge in [-0.3, -0.25) is 14.5 Å². The van der Waals surface area contributed by atoms with E-state index in [4.69, 9.17) is 0 Å². The normalized spacial score (nSPS) is 27.8. The van der Waals surface area contributed by atoms with Crippen molar-refractivity contribution in [1.29, 1.82) is 0 Å². The van der Waals surface area contributed by atoms with Crippen LogP contribution in [0.2, 0.25) is 0 Å². The smallest absolute Gasteiger partial charge is 0.326 e. The summed E-state index contributed by atoms with van der Waals surface area (Å²) in [4.78, 5) is 28.7. The summed E-state index contributed by atoms with van der Waals surface area (Å²) in [5.41, 5.74) is -0.422. The van der Waals surface area contributed by atoms with E-state index in [1.165, 1.54) is 12.1 Å². The largest absolute Gasteiger partial charge is 0.416 e. The van der Waals surface area contributed by atoms with Crippen LogP contribution in [0.1, 0.15) is 30.4 Å². The van der Waals surface area contributed by atoms with E-state index in [0.717, 1.165) is 30.5 Å². The van der Waals surface area contributed by atoms with Crippen molar-refractivity contribution < 1.29 is 22.8 Å². The quantitative estimate of drug-likeness (QED) is 0.780. The number of carbonyl (C=O) groups is 2. The standard InChI is InChI=1S/C22H20F3N3O2/c23-22(24,25)13-5-3-6-14(11-13)26-19(29)17-12-15-7-4-10-28(15)21(17)16-8-1-2-9-18(16)27-20(21)30/h1-3,5-6,8-9,11,15,17H,4,7,10,12H2,(H,26,29)(H,27,30). The number of nitrogens with one attached hydrogen (secondary N) is 2. The molecule has 3 heterocycles. The molecular formula is C22H20F3N3O2. The minimum atomic E-state index is -4.50. The molecular weight excluding hydrogens is 395 g/mol. The lowest BCUT2D eigenvalue weighted by Gasteiger charge is -2.36. The second-order valence-corrected chi connectivity index (χ2v) is 8.11. The van der Waals surface area contributed by atoms with Gasteiger partial charge in [0.2, 0.25) is 11.8 Å². The zero-order valence-electron chi connectivity index (χ0n) is 16.0. The van der Waals surface area contributed by atoms with Gasteiger partial charge in [-0.2, -0.15) is 13.2 Å². The number of fused-ring (bicyclic) bond motifs is 4. The van der Waals surface area contributed by atoms with Crippen LogP contribution >= 0.6 is 0 Å². The lowest BCUT2D eigenvalue weighted by atomic mass is 9.78. The first-order valence-electron chi connectivity index (χ1n) is 9.97. The lowest BCUT2D eigenvalue weighted by Crippen LogP contribution is -2.53. The highest BCUT2D eigenvalue weighted by Gasteiger charge is 2.65. The third kappa shape index (κ3) is 2.66. The molecule has 0 aromatic heterocycles. The highest BCUT2D eigenvalue weighted by atomic mass is 19.4. The van der Waals surface area contributed by atoms with Crippen LogP contribution in [0.3, 0.4) is 0 Å². The van der Waals surface area contributed by atoms with Crippen LogP contribution in [-0.2, 0) is 21.3 Å². The average Bonchev–Trinajstić information content (AvgIpc) is 3.36. The number of nitrogens with zero attached hydrogens (tertiary/aromatic N) is 1. The SMILES string of the molecule is O=C(Nc1cccc(C(F)(F)F)c1)C1CC2CCCN2C12C(=O)Nc1ccccc12. The molecule has 2 saturated heterocycles. The highest BCUT2D eigenvalue weighted by Crippen LogP contribution is 2.55. The van der Waals surface area contributed by atoms with Crippen LogP contribution in [0.4, 0.5) is 24.5 Å². The molecule has 0 radical (unpaired) electrons. The molecule has 0 aliphatic carbocycles. The third-order valence-electron chi connectivity index (χ3n) is 6.55. The fourth-order valence-electron chi connectivity index (χ4n) is 5.38. The first kappa shape index (κ1) is 19.1. The molecule has 0 bridgehead atoms. The number of rotatable bonds is 2. The summed E-state index contributed by atoms with van der Waals surface area (Å²) < 4.78 is 39.1. The lowest BCUT2D eigenvalue weighted by molar-refractivity contribution is -0.137. The van der Waals surface area contributed by atoms with E-state index >= 15 is 0 Å². The van der Waals surface area contributed by atoms with E-state index in [9.17, 15) is 22.8 Å². The predicted molar refractivity (Wildman–Crippen MR) is 105 cm³/mol. The van der Waals surface area contributed by atoms with Gasteiger partial charge in [0.1, 0.15) is 5.54 Å². The van der Waals surface area contributed by atoms with E-state index in [0.29, 0.717) is 18.7 Å². The molecule has 3 aliphatic heterocycles. The predicted octanol–water partition coefficient (Wildman–Crippen LogP) is 3.98. The number of halogens is 3. The maximum absolute atomic E-state index is 13.3. The third-order valence-corrected chi connectivity index (χ3v) is 6.55. The second-order valence-electron chi connectivity index (χ2n) is 8.11. The first-order chi connectivity index (χ1) is 14.3. The number of hydrogen-bond donors (Lipinski definition) is 2. The highest BCUT2D eigenvalue weighted by molar-refractivity contribution is 6.10. The van der Waals surface area contributed by atoms with Gasteiger partial charge in [0.25, 0.3) is 0 Å². The minimum Gasteiger partial charge on any atom is -0.326 e. The molecule has 30 heavy (non-hydrogen) atoms. The number of alkyl halides is 3. The maximum Gasteiger partial charge on any atom is 0.416 e. The molecule has 3 aliphatic rings. The van der Waals surface area contributed by atoms with Gasteiger partial charge in [-0.1, -0.05) is 24.3 Å². The summed E-state index contributed by atoms with van der Waals surface area (Å²) in [7, 11) is 0. The van der Waals surface area contributed by atoms with Gasteiger partial charge < -0.3 is 10.6 Å². The Labute approximate surface area is 171 Å². The topological polar surface area (TPSA) is 61.4 Å². The molecule has 2 N–H and O–H groups in total. The van der Waals surface area contributed by atoms with Crippen LogP contribution in [0.15, 0.2) is 48.5 Å². The summed E-state index contributed by atoms with van der Waals surface area (Å²) in [5, 5.41) is 5.55. The molecule has 2 aromatic rings. The van der Waals surface area contributed by atoms with E-state index in [2.05, 4.69) is 15.5 Å². The van der Waals surface area contributed by atoms with Gasteiger partial charge >= 0.3 is 6.18 Å². The monoisotopic (exact) mass is 415 g/mol. The summed E-state index contributed by atoms with van der Waals surface area (Å²) in [5.74, 6) is -1.37. The van der Waals surface area contributed by atoms with Crippen molar-refractivity contribution in [3.05, 3.63) is 59.7 Å². The minimum absolute atomic E-state index is 0.0729. The number of benzene rings is 2. The molecule has 5 nitrogen and oxygen atoms in total. The molecule has 2 amide bonds. The van der Waals surface area contributed by atoms with Crippen LogP contribution in [-0.4, -0.2) is 29.3 Å². The van der Waals surface area contributed by atoms with Gasteiger partial charge in [-0.15, -0.1) is 0 Å². The molecule has 3 unspecified atom stereocenters. The van der Waals surface area contributed by atoms with Gasteiger partial charge in [-0.25, -0.2) is 0 Å². The Morgan fingerprint density at radius 2 is 1.97 bits per heavy atom. The Morgan fingerprint density at radius 3 is 2.77 bits per heavy atom. The zero-order chi connectivity index (χ0) is 21.1. The summed E-state index contributed by atoms with van der Waals surface area (Å²) in [6.07, 6.45) is -2.16. The van der Waals surface area contributed by atoms with Crippen molar-refractivity contribution in [2.45, 2.75) is 37.0 Å². The Balaban J connectivity index is 1.52. The molecule has 8 heteroatoms. The van der Waals surface area contributed by atoms with E-state index in [1.54, 1.807) is 0 Å². The summed E-state index contributed by atoms with van der Waals surface area (Å²) in [6.45, 7) is 0.708. The van der Waals surface area contributed by atoms with Gasteiger partial charge in [0, 0.05) is 23.0 Å². The number of amides is 2. The molecule has 0 saturated carbocycles. The average molecular weight is 415 g/mol. The zero-order valence-corrected chi connectivity index (χ0v) is 16.0. The van der Waals surface area contributed by atoms with Crippen LogP contribution in [0, 0.1) is 5.92 Å². The second kappa shape index (κ2) is 6.57. The van der Waals surface area contributed by atoms with Crippen molar-refractivity contribution in [2.24, 2.45) is 5.92 Å². The van der Waals surface area contributed by atoms with E-state index in [-0.39, 0.29) is 17.6 Å². The van der Waals surface area contributed by atoms with E-state index < -0.39 is 29.1 Å². The Morgan fingerprint density at radius 1 is 1.17 bits per heavy atom. The fourth-order valence-corrected chi connectivity index (χ4v) is 5.38. The Hall–Kier alpha value is -2.87. The van der Waals surface area contributed by atoms with Crippen molar-refractivity contribution in [2.75, 3.05) is 17.2 Å². The first-order valence-corrected chi connectivity index (χ1v) is 9.97. The van der Waals surface area contributed by atoms with Crippen molar-refractivity contribution in [3.8, 4) is 0 Å². The number of carbonyl (C=O) groups excluding carboxylic acids is 2. The molecule has 3 atom stereocenters. The van der Waals surface area contributed by atoms with Gasteiger partial charge in [-0.05, 0) is 50.1 Å². The van der Waals surface area contributed by atoms with Crippen molar-refractivity contribution in [1.82, 2.24) is 4.90 Å². The van der Waals surface area contributed by atoms with Gasteiger partial charge in [0.15, 0.2) is 0 Å². The molecule has 2 fully saturated rings. The van der Waals surface area contributed by atoms with Crippen LogP contribution in [0.25, 0.3) is 0 Å². The van der Waals surface area contributed by atoms with Crippen molar-refractivity contribution >= 4 is 23.2 Å². The Kier molecular flexibility index (Phi) is 4.18. The molecule has 1 spiro atoms. The number of para-hydroxylation sites is 1. The number of anilines is 2. The summed E-state index contributed by atoms with van der Waals surface area (Å²) >= 11 is 0. The fraction of sp³-hybridized carbons (Fsp3) is 0.364. The Bertz CT molecular complexity index is 1040. The van der Waals surface area contributed by atoms with Crippen LogP contribution < -0.4 is 10.6 Å².